The number of sulfonamides is 1. The number of carbonyl (C=O) groups excluding carboxylic acids is 1. The first-order valence-corrected chi connectivity index (χ1v) is 11.8. The summed E-state index contributed by atoms with van der Waals surface area (Å²) < 4.78 is 41.1. The zero-order valence-electron chi connectivity index (χ0n) is 17.7. The molecule has 3 aromatic carbocycles. The summed E-state index contributed by atoms with van der Waals surface area (Å²) in [4.78, 5) is 16.8. The molecule has 8 heteroatoms. The van der Waals surface area contributed by atoms with Gasteiger partial charge < -0.3 is 9.80 Å². The van der Waals surface area contributed by atoms with Gasteiger partial charge >= 0.3 is 0 Å². The number of amides is 1. The molecule has 1 saturated heterocycles. The Kier molecular flexibility index (Phi) is 6.14. The summed E-state index contributed by atoms with van der Waals surface area (Å²) in [6.07, 6.45) is 0. The van der Waals surface area contributed by atoms with Crippen molar-refractivity contribution in [3.05, 3.63) is 89.7 Å². The minimum absolute atomic E-state index is 0.0958. The van der Waals surface area contributed by atoms with E-state index >= 15 is 0 Å². The van der Waals surface area contributed by atoms with E-state index in [-0.39, 0.29) is 16.6 Å². The monoisotopic (exact) mass is 453 g/mol. The maximum atomic E-state index is 13.1. The van der Waals surface area contributed by atoms with E-state index in [0.717, 1.165) is 11.3 Å². The Bertz CT molecular complexity index is 1200. The highest BCUT2D eigenvalue weighted by Crippen LogP contribution is 2.21. The number of carbonyl (C=O) groups is 1. The number of rotatable bonds is 5. The molecule has 3 aromatic rings. The van der Waals surface area contributed by atoms with Crippen molar-refractivity contribution in [3.8, 4) is 0 Å². The normalized spacial score (nSPS) is 14.3. The van der Waals surface area contributed by atoms with E-state index in [4.69, 9.17) is 0 Å². The molecule has 0 saturated carbocycles. The van der Waals surface area contributed by atoms with Crippen LogP contribution in [0.1, 0.15) is 15.9 Å². The van der Waals surface area contributed by atoms with Crippen molar-refractivity contribution < 1.29 is 17.6 Å². The molecule has 0 atom stereocenters. The fraction of sp³-hybridized carbons (Fsp3) is 0.208. The molecule has 0 aromatic heterocycles. The van der Waals surface area contributed by atoms with Gasteiger partial charge in [-0.3, -0.25) is 9.52 Å². The van der Waals surface area contributed by atoms with Crippen molar-refractivity contribution in [1.82, 2.24) is 4.90 Å². The topological polar surface area (TPSA) is 69.7 Å². The lowest BCUT2D eigenvalue weighted by molar-refractivity contribution is 0.0746. The summed E-state index contributed by atoms with van der Waals surface area (Å²) in [5.41, 5.74) is 2.71. The Morgan fingerprint density at radius 2 is 1.50 bits per heavy atom. The molecule has 0 radical (unpaired) electrons. The third kappa shape index (κ3) is 4.75. The second kappa shape index (κ2) is 9.00. The molecule has 1 aliphatic heterocycles. The van der Waals surface area contributed by atoms with E-state index in [1.807, 2.05) is 19.1 Å². The van der Waals surface area contributed by atoms with Crippen LogP contribution in [-0.2, 0) is 10.0 Å². The van der Waals surface area contributed by atoms with E-state index < -0.39 is 10.0 Å². The van der Waals surface area contributed by atoms with Crippen LogP contribution in [-0.4, -0.2) is 45.4 Å². The fourth-order valence-corrected chi connectivity index (χ4v) is 4.80. The number of piperazine rings is 1. The van der Waals surface area contributed by atoms with Crippen molar-refractivity contribution in [3.63, 3.8) is 0 Å². The lowest BCUT2D eigenvalue weighted by atomic mass is 10.1. The number of nitrogens with one attached hydrogen (secondary N) is 1. The van der Waals surface area contributed by atoms with Gasteiger partial charge in [0.2, 0.25) is 0 Å². The van der Waals surface area contributed by atoms with Crippen LogP contribution in [0.5, 0.6) is 0 Å². The highest BCUT2D eigenvalue weighted by molar-refractivity contribution is 7.92. The molecule has 1 heterocycles. The second-order valence-corrected chi connectivity index (χ2v) is 9.38. The lowest BCUT2D eigenvalue weighted by Crippen LogP contribution is -2.48. The van der Waals surface area contributed by atoms with Gasteiger partial charge in [0.25, 0.3) is 15.9 Å². The van der Waals surface area contributed by atoms with Gasteiger partial charge in [-0.1, -0.05) is 18.2 Å². The number of halogens is 1. The van der Waals surface area contributed by atoms with Crippen LogP contribution in [0.25, 0.3) is 0 Å². The molecule has 0 aliphatic carbocycles. The van der Waals surface area contributed by atoms with Crippen LogP contribution in [0.4, 0.5) is 15.8 Å². The quantitative estimate of drug-likeness (QED) is 0.636. The maximum Gasteiger partial charge on any atom is 0.261 e. The molecule has 0 unspecified atom stereocenters. The predicted molar refractivity (Wildman–Crippen MR) is 123 cm³/mol. The van der Waals surface area contributed by atoms with Gasteiger partial charge in [-0.15, -0.1) is 0 Å². The van der Waals surface area contributed by atoms with E-state index in [1.165, 1.54) is 24.3 Å². The Hall–Kier alpha value is -3.39. The number of nitrogens with zero attached hydrogens (tertiary/aromatic N) is 2. The molecular weight excluding hydrogens is 429 g/mol. The van der Waals surface area contributed by atoms with Gasteiger partial charge in [-0.2, -0.15) is 0 Å². The Morgan fingerprint density at radius 3 is 2.12 bits per heavy atom. The summed E-state index contributed by atoms with van der Waals surface area (Å²) >= 11 is 0. The van der Waals surface area contributed by atoms with Gasteiger partial charge in [0.05, 0.1) is 10.6 Å². The SMILES string of the molecule is Cc1ccccc1NS(=O)(=O)c1ccc(C(=O)N2CCN(c3ccc(F)cc3)CC2)cc1. The van der Waals surface area contributed by atoms with Gasteiger partial charge in [0.15, 0.2) is 0 Å². The van der Waals surface area contributed by atoms with Crippen LogP contribution in [0.2, 0.25) is 0 Å². The average Bonchev–Trinajstić information content (AvgIpc) is 2.81. The van der Waals surface area contributed by atoms with E-state index in [1.54, 1.807) is 41.3 Å². The zero-order valence-corrected chi connectivity index (χ0v) is 18.5. The summed E-state index contributed by atoms with van der Waals surface area (Å²) in [6, 6.07) is 19.4. The second-order valence-electron chi connectivity index (χ2n) is 7.70. The summed E-state index contributed by atoms with van der Waals surface area (Å²) in [7, 11) is -3.75. The molecule has 166 valence electrons. The zero-order chi connectivity index (χ0) is 22.7. The first kappa shape index (κ1) is 21.8. The number of hydrogen-bond donors (Lipinski definition) is 1. The van der Waals surface area contributed by atoms with E-state index in [2.05, 4.69) is 9.62 Å². The van der Waals surface area contributed by atoms with Crippen LogP contribution in [0.15, 0.2) is 77.7 Å². The first-order valence-electron chi connectivity index (χ1n) is 10.3. The van der Waals surface area contributed by atoms with Gasteiger partial charge in [0.1, 0.15) is 5.82 Å². The third-order valence-corrected chi connectivity index (χ3v) is 6.94. The number of para-hydroxylation sites is 1. The minimum Gasteiger partial charge on any atom is -0.368 e. The van der Waals surface area contributed by atoms with E-state index in [9.17, 15) is 17.6 Å². The van der Waals surface area contributed by atoms with Crippen molar-refractivity contribution in [2.45, 2.75) is 11.8 Å². The van der Waals surface area contributed by atoms with E-state index in [0.29, 0.717) is 37.4 Å². The van der Waals surface area contributed by atoms with Gasteiger partial charge in [-0.05, 0) is 67.1 Å². The Balaban J connectivity index is 1.40. The molecule has 1 amide bonds. The summed E-state index contributed by atoms with van der Waals surface area (Å²) in [5.74, 6) is -0.415. The van der Waals surface area contributed by atoms with Crippen LogP contribution < -0.4 is 9.62 Å². The summed E-state index contributed by atoms with van der Waals surface area (Å²) in [5, 5.41) is 0. The molecule has 1 N–H and O–H groups in total. The van der Waals surface area contributed by atoms with Crippen LogP contribution in [0.3, 0.4) is 0 Å². The minimum atomic E-state index is -3.75. The van der Waals surface area contributed by atoms with Gasteiger partial charge in [0, 0.05) is 37.4 Å². The molecule has 32 heavy (non-hydrogen) atoms. The average molecular weight is 454 g/mol. The number of aryl methyl sites for hydroxylation is 1. The standard InChI is InChI=1S/C24H24FN3O3S/c1-18-4-2-3-5-23(18)26-32(30,31)22-12-6-19(7-13-22)24(29)28-16-14-27(15-17-28)21-10-8-20(25)9-11-21/h2-13,26H,14-17H2,1H3. The molecule has 1 fully saturated rings. The largest absolute Gasteiger partial charge is 0.368 e. The van der Waals surface area contributed by atoms with Crippen LogP contribution in [0, 0.1) is 12.7 Å². The Labute approximate surface area is 187 Å². The van der Waals surface area contributed by atoms with Crippen molar-refractivity contribution in [1.29, 1.82) is 0 Å². The third-order valence-electron chi connectivity index (χ3n) is 5.56. The molecule has 6 nitrogen and oxygen atoms in total. The fourth-order valence-electron chi connectivity index (χ4n) is 3.67. The van der Waals surface area contributed by atoms with Gasteiger partial charge in [-0.25, -0.2) is 12.8 Å². The number of anilines is 2. The maximum absolute atomic E-state index is 13.1. The molecule has 0 bridgehead atoms. The molecule has 1 aliphatic rings. The highest BCUT2D eigenvalue weighted by atomic mass is 32.2. The smallest absolute Gasteiger partial charge is 0.261 e. The summed E-state index contributed by atoms with van der Waals surface area (Å²) in [6.45, 7) is 4.18. The Morgan fingerprint density at radius 1 is 0.875 bits per heavy atom. The van der Waals surface area contributed by atoms with Crippen molar-refractivity contribution >= 4 is 27.3 Å². The number of hydrogen-bond acceptors (Lipinski definition) is 4. The predicted octanol–water partition coefficient (Wildman–Crippen LogP) is 3.90. The first-order chi connectivity index (χ1) is 15.3. The van der Waals surface area contributed by atoms with Crippen LogP contribution >= 0.6 is 0 Å². The molecule has 0 spiro atoms. The highest BCUT2D eigenvalue weighted by Gasteiger charge is 2.23. The molecular formula is C24H24FN3O3S. The van der Waals surface area contributed by atoms with Crippen molar-refractivity contribution in [2.75, 3.05) is 35.8 Å². The molecule has 4 rings (SSSR count). The lowest BCUT2D eigenvalue weighted by Gasteiger charge is -2.36. The number of benzene rings is 3. The van der Waals surface area contributed by atoms with Crippen molar-refractivity contribution in [2.24, 2.45) is 0 Å².